The molecular weight excluding hydrogens is 215 g/mol. The molecule has 1 radical (unpaired) electrons. The molecule has 0 fully saturated rings. The van der Waals surface area contributed by atoms with E-state index in [9.17, 15) is 13.2 Å². The van der Waals surface area contributed by atoms with E-state index in [-0.39, 0.29) is 6.42 Å². The lowest BCUT2D eigenvalue weighted by Gasteiger charge is -2.14. The first-order chi connectivity index (χ1) is 7.54. The summed E-state index contributed by atoms with van der Waals surface area (Å²) in [5.74, 6) is -0.761. The molecule has 0 spiro atoms. The fraction of sp³-hybridized carbons (Fsp3) is 0.333. The van der Waals surface area contributed by atoms with Crippen LogP contribution >= 0.6 is 0 Å². The Hall–Kier alpha value is -1.32. The molecule has 0 atom stereocenters. The van der Waals surface area contributed by atoms with Crippen LogP contribution in [0.5, 0.6) is 0 Å². The van der Waals surface area contributed by atoms with E-state index in [1.54, 1.807) is 0 Å². The van der Waals surface area contributed by atoms with Gasteiger partial charge in [-0.2, -0.15) is 13.2 Å². The van der Waals surface area contributed by atoms with Gasteiger partial charge in [0.05, 0.1) is 0 Å². The van der Waals surface area contributed by atoms with E-state index < -0.39 is 12.1 Å². The fourth-order valence-corrected chi connectivity index (χ4v) is 1.42. The molecule has 1 aromatic rings. The molecule has 87 valence electrons. The highest BCUT2D eigenvalue weighted by Gasteiger charge is 2.38. The van der Waals surface area contributed by atoms with Gasteiger partial charge in [0.2, 0.25) is 0 Å². The second-order valence-corrected chi connectivity index (χ2v) is 3.51. The maximum Gasteiger partial charge on any atom is 0.400 e. The third kappa shape index (κ3) is 4.04. The zero-order valence-electron chi connectivity index (χ0n) is 8.72. The quantitative estimate of drug-likeness (QED) is 0.741. The van der Waals surface area contributed by atoms with Gasteiger partial charge in [-0.05, 0) is 24.8 Å². The van der Waals surface area contributed by atoms with E-state index in [1.165, 1.54) is 0 Å². The highest BCUT2D eigenvalue weighted by molar-refractivity contribution is 5.72. The summed E-state index contributed by atoms with van der Waals surface area (Å²) in [6.07, 6.45) is -3.03. The van der Waals surface area contributed by atoms with E-state index in [0.29, 0.717) is 19.1 Å². The molecule has 0 aliphatic rings. The highest BCUT2D eigenvalue weighted by Crippen LogP contribution is 2.30. The normalized spacial score (nSPS) is 11.8. The van der Waals surface area contributed by atoms with Crippen molar-refractivity contribution in [3.8, 4) is 0 Å². The van der Waals surface area contributed by atoms with Gasteiger partial charge in [-0.25, -0.2) is 0 Å². The van der Waals surface area contributed by atoms with Crippen LogP contribution in [0, 0.1) is 11.3 Å². The van der Waals surface area contributed by atoms with E-state index >= 15 is 0 Å². The average molecular weight is 228 g/mol. The van der Waals surface area contributed by atoms with Gasteiger partial charge >= 0.3 is 6.18 Å². The Morgan fingerprint density at radius 2 is 1.81 bits per heavy atom. The molecule has 0 amide bonds. The molecule has 1 aromatic carbocycles. The van der Waals surface area contributed by atoms with Crippen molar-refractivity contribution in [3.05, 3.63) is 41.8 Å². The summed E-state index contributed by atoms with van der Waals surface area (Å²) >= 11 is 0. The summed E-state index contributed by atoms with van der Waals surface area (Å²) < 4.78 is 36.8. The van der Waals surface area contributed by atoms with Crippen LogP contribution in [0.1, 0.15) is 18.4 Å². The predicted molar refractivity (Wildman–Crippen MR) is 57.5 cm³/mol. The van der Waals surface area contributed by atoms with E-state index in [0.717, 1.165) is 5.56 Å². The second-order valence-electron chi connectivity index (χ2n) is 3.51. The second kappa shape index (κ2) is 5.68. The number of aryl methyl sites for hydroxylation is 1. The summed E-state index contributed by atoms with van der Waals surface area (Å²) in [5.41, 5.74) is 1.02. The zero-order chi connectivity index (χ0) is 12.0. The molecule has 0 heterocycles. The molecular formula is C12H13F3N. The van der Waals surface area contributed by atoms with Gasteiger partial charge in [0.25, 0.3) is 0 Å². The van der Waals surface area contributed by atoms with Crippen LogP contribution in [0.2, 0.25) is 0 Å². The Balaban J connectivity index is 2.38. The first kappa shape index (κ1) is 12.7. The molecule has 0 aliphatic carbocycles. The van der Waals surface area contributed by atoms with Crippen molar-refractivity contribution in [2.24, 2.45) is 0 Å². The van der Waals surface area contributed by atoms with Gasteiger partial charge in [-0.1, -0.05) is 30.3 Å². The standard InChI is InChI=1S/C12H13F3N/c13-12(14,15)11(9-16)8-4-7-10-5-2-1-3-6-10/h1-3,5-6,9,16H,4,7-8H2. The van der Waals surface area contributed by atoms with Crippen LogP contribution in [0.3, 0.4) is 0 Å². The monoisotopic (exact) mass is 228 g/mol. The summed E-state index contributed by atoms with van der Waals surface area (Å²) in [7, 11) is 0. The largest absolute Gasteiger partial charge is 0.400 e. The third-order valence-corrected chi connectivity index (χ3v) is 2.29. The number of hydrogen-bond donors (Lipinski definition) is 1. The summed E-state index contributed by atoms with van der Waals surface area (Å²) in [4.78, 5) is 0. The lowest BCUT2D eigenvalue weighted by atomic mass is 10.00. The molecule has 0 aromatic heterocycles. The maximum atomic E-state index is 12.3. The Bertz CT molecular complexity index is 319. The molecule has 0 saturated heterocycles. The number of nitrogens with one attached hydrogen (secondary N) is 1. The lowest BCUT2D eigenvalue weighted by molar-refractivity contribution is -0.107. The summed E-state index contributed by atoms with van der Waals surface area (Å²) in [6, 6.07) is 9.37. The molecule has 4 heteroatoms. The van der Waals surface area contributed by atoms with Gasteiger partial charge in [0.1, 0.15) is 5.92 Å². The predicted octanol–water partition coefficient (Wildman–Crippen LogP) is 3.80. The Labute approximate surface area is 92.8 Å². The topological polar surface area (TPSA) is 23.9 Å². The van der Waals surface area contributed by atoms with Crippen LogP contribution in [0.25, 0.3) is 0 Å². The lowest BCUT2D eigenvalue weighted by Crippen LogP contribution is -2.21. The van der Waals surface area contributed by atoms with E-state index in [1.807, 2.05) is 30.3 Å². The van der Waals surface area contributed by atoms with Crippen molar-refractivity contribution in [2.45, 2.75) is 25.4 Å². The first-order valence-corrected chi connectivity index (χ1v) is 5.01. The average Bonchev–Trinajstić information content (AvgIpc) is 2.24. The van der Waals surface area contributed by atoms with Crippen molar-refractivity contribution in [1.29, 1.82) is 5.41 Å². The SMILES string of the molecule is N=C[C](CCCc1ccccc1)C(F)(F)F. The van der Waals surface area contributed by atoms with Gasteiger partial charge < -0.3 is 5.41 Å². The van der Waals surface area contributed by atoms with E-state index in [2.05, 4.69) is 0 Å². The Morgan fingerprint density at radius 3 is 2.31 bits per heavy atom. The van der Waals surface area contributed by atoms with E-state index in [4.69, 9.17) is 5.41 Å². The molecule has 0 bridgehead atoms. The first-order valence-electron chi connectivity index (χ1n) is 5.01. The van der Waals surface area contributed by atoms with Crippen LogP contribution in [0.4, 0.5) is 13.2 Å². The smallest absolute Gasteiger partial charge is 0.312 e. The molecule has 1 rings (SSSR count). The number of rotatable bonds is 5. The van der Waals surface area contributed by atoms with Crippen molar-refractivity contribution in [2.75, 3.05) is 0 Å². The molecule has 0 unspecified atom stereocenters. The minimum absolute atomic E-state index is 0.0953. The molecule has 1 nitrogen and oxygen atoms in total. The number of alkyl halides is 3. The number of benzene rings is 1. The van der Waals surface area contributed by atoms with Crippen molar-refractivity contribution in [3.63, 3.8) is 0 Å². The van der Waals surface area contributed by atoms with Crippen molar-refractivity contribution >= 4 is 6.21 Å². The van der Waals surface area contributed by atoms with Gasteiger partial charge in [0, 0.05) is 6.21 Å². The minimum atomic E-state index is -4.36. The van der Waals surface area contributed by atoms with Gasteiger partial charge in [-0.15, -0.1) is 0 Å². The van der Waals surface area contributed by atoms with Gasteiger partial charge in [0.15, 0.2) is 0 Å². The minimum Gasteiger partial charge on any atom is -0.312 e. The molecule has 1 N–H and O–H groups in total. The zero-order valence-corrected chi connectivity index (χ0v) is 8.72. The van der Waals surface area contributed by atoms with Crippen molar-refractivity contribution < 1.29 is 13.2 Å². The third-order valence-electron chi connectivity index (χ3n) is 2.29. The highest BCUT2D eigenvalue weighted by atomic mass is 19.4. The van der Waals surface area contributed by atoms with Crippen LogP contribution < -0.4 is 0 Å². The summed E-state index contributed by atoms with van der Waals surface area (Å²) in [6.45, 7) is 0. The summed E-state index contributed by atoms with van der Waals surface area (Å²) in [5, 5.41) is 6.72. The van der Waals surface area contributed by atoms with Crippen molar-refractivity contribution in [1.82, 2.24) is 0 Å². The Kier molecular flexibility index (Phi) is 4.52. The molecule has 0 aliphatic heterocycles. The number of halogens is 3. The fourth-order valence-electron chi connectivity index (χ4n) is 1.42. The van der Waals surface area contributed by atoms with Gasteiger partial charge in [-0.3, -0.25) is 0 Å². The molecule has 0 saturated carbocycles. The van der Waals surface area contributed by atoms with Crippen LogP contribution in [0.15, 0.2) is 30.3 Å². The maximum absolute atomic E-state index is 12.3. The van der Waals surface area contributed by atoms with Crippen LogP contribution in [-0.4, -0.2) is 12.4 Å². The number of hydrogen-bond acceptors (Lipinski definition) is 1. The molecule has 16 heavy (non-hydrogen) atoms. The Morgan fingerprint density at radius 1 is 1.19 bits per heavy atom. The van der Waals surface area contributed by atoms with Crippen LogP contribution in [-0.2, 0) is 6.42 Å².